The van der Waals surface area contributed by atoms with Crippen LogP contribution < -0.4 is 5.73 Å². The second-order valence-corrected chi connectivity index (χ2v) is 4.98. The maximum absolute atomic E-state index is 5.59. The summed E-state index contributed by atoms with van der Waals surface area (Å²) in [4.78, 5) is 2.55. The molecule has 0 aromatic rings. The molecule has 0 atom stereocenters. The highest BCUT2D eigenvalue weighted by atomic mass is 15.2. The van der Waals surface area contributed by atoms with Crippen molar-refractivity contribution in [3.05, 3.63) is 0 Å². The monoisotopic (exact) mass is 212 g/mol. The Hall–Kier alpha value is -0.0800. The zero-order valence-corrected chi connectivity index (χ0v) is 10.4. The third-order valence-corrected chi connectivity index (χ3v) is 3.44. The van der Waals surface area contributed by atoms with E-state index < -0.39 is 0 Å². The molecule has 90 valence electrons. The second kappa shape index (κ2) is 8.12. The molecule has 2 N–H and O–H groups in total. The lowest BCUT2D eigenvalue weighted by atomic mass is 10.00. The minimum Gasteiger partial charge on any atom is -0.330 e. The number of nitrogens with zero attached hydrogens (tertiary/aromatic N) is 1. The van der Waals surface area contributed by atoms with Crippen LogP contribution in [0.25, 0.3) is 0 Å². The van der Waals surface area contributed by atoms with Gasteiger partial charge in [0.25, 0.3) is 0 Å². The molecular weight excluding hydrogens is 184 g/mol. The van der Waals surface area contributed by atoms with E-state index in [1.807, 2.05) is 0 Å². The molecule has 0 radical (unpaired) electrons. The van der Waals surface area contributed by atoms with E-state index in [1.165, 1.54) is 64.6 Å². The molecule has 1 saturated heterocycles. The second-order valence-electron chi connectivity index (χ2n) is 4.98. The van der Waals surface area contributed by atoms with Crippen LogP contribution in [-0.2, 0) is 0 Å². The smallest absolute Gasteiger partial charge is 0.00341 e. The standard InChI is InChI=1S/C13H28N2/c1-2-3-4-5-6-7-8-9-15-11-13(10-14)12-15/h13H,2-12,14H2,1H3. The fourth-order valence-corrected chi connectivity index (χ4v) is 2.30. The third-order valence-electron chi connectivity index (χ3n) is 3.44. The van der Waals surface area contributed by atoms with Crippen LogP contribution in [0.15, 0.2) is 0 Å². The number of likely N-dealkylation sites (tertiary alicyclic amines) is 1. The molecule has 1 fully saturated rings. The summed E-state index contributed by atoms with van der Waals surface area (Å²) in [5.74, 6) is 0.801. The van der Waals surface area contributed by atoms with E-state index in [2.05, 4.69) is 11.8 Å². The topological polar surface area (TPSA) is 29.3 Å². The fourth-order valence-electron chi connectivity index (χ4n) is 2.30. The van der Waals surface area contributed by atoms with E-state index in [1.54, 1.807) is 0 Å². The molecule has 1 aliphatic rings. The predicted octanol–water partition coefficient (Wildman–Crippen LogP) is 2.63. The molecule has 0 aromatic carbocycles. The van der Waals surface area contributed by atoms with Crippen LogP contribution in [0.4, 0.5) is 0 Å². The molecule has 2 nitrogen and oxygen atoms in total. The molecule has 2 heteroatoms. The third kappa shape index (κ3) is 5.53. The SMILES string of the molecule is CCCCCCCCCN1CC(CN)C1. The van der Waals surface area contributed by atoms with Crippen LogP contribution >= 0.6 is 0 Å². The molecule has 0 aliphatic carbocycles. The van der Waals surface area contributed by atoms with Gasteiger partial charge in [-0.15, -0.1) is 0 Å². The lowest BCUT2D eigenvalue weighted by molar-refractivity contribution is 0.104. The van der Waals surface area contributed by atoms with Crippen molar-refractivity contribution in [2.45, 2.75) is 51.9 Å². The molecule has 1 heterocycles. The van der Waals surface area contributed by atoms with Crippen LogP contribution in [0.5, 0.6) is 0 Å². The first-order chi connectivity index (χ1) is 7.36. The Labute approximate surface area is 95.2 Å². The summed E-state index contributed by atoms with van der Waals surface area (Å²) in [6.45, 7) is 6.98. The van der Waals surface area contributed by atoms with Crippen molar-refractivity contribution >= 4 is 0 Å². The van der Waals surface area contributed by atoms with Crippen molar-refractivity contribution in [3.63, 3.8) is 0 Å². The average molecular weight is 212 g/mol. The van der Waals surface area contributed by atoms with Gasteiger partial charge in [0.05, 0.1) is 0 Å². The Morgan fingerprint density at radius 3 is 2.20 bits per heavy atom. The van der Waals surface area contributed by atoms with E-state index in [0.717, 1.165) is 12.5 Å². The van der Waals surface area contributed by atoms with Gasteiger partial charge in [0.2, 0.25) is 0 Å². The molecule has 0 aromatic heterocycles. The van der Waals surface area contributed by atoms with Crippen molar-refractivity contribution in [2.24, 2.45) is 11.7 Å². The molecule has 0 unspecified atom stereocenters. The van der Waals surface area contributed by atoms with E-state index in [4.69, 9.17) is 5.73 Å². The van der Waals surface area contributed by atoms with Gasteiger partial charge in [-0.25, -0.2) is 0 Å². The van der Waals surface area contributed by atoms with E-state index >= 15 is 0 Å². The Balaban J connectivity index is 1.74. The summed E-state index contributed by atoms with van der Waals surface area (Å²) in [7, 11) is 0. The van der Waals surface area contributed by atoms with Gasteiger partial charge >= 0.3 is 0 Å². The summed E-state index contributed by atoms with van der Waals surface area (Å²) in [6, 6.07) is 0. The van der Waals surface area contributed by atoms with E-state index in [-0.39, 0.29) is 0 Å². The van der Waals surface area contributed by atoms with Gasteiger partial charge in [-0.1, -0.05) is 45.4 Å². The Morgan fingerprint density at radius 2 is 1.60 bits per heavy atom. The average Bonchev–Trinajstić information content (AvgIpc) is 2.19. The molecule has 15 heavy (non-hydrogen) atoms. The lowest BCUT2D eigenvalue weighted by Gasteiger charge is -2.38. The number of hydrogen-bond donors (Lipinski definition) is 1. The summed E-state index contributed by atoms with van der Waals surface area (Å²) < 4.78 is 0. The van der Waals surface area contributed by atoms with Crippen molar-refractivity contribution in [1.29, 1.82) is 0 Å². The summed E-state index contributed by atoms with van der Waals surface area (Å²) >= 11 is 0. The summed E-state index contributed by atoms with van der Waals surface area (Å²) in [6.07, 6.45) is 9.92. The molecule has 0 saturated carbocycles. The van der Waals surface area contributed by atoms with E-state index in [9.17, 15) is 0 Å². The first kappa shape index (κ1) is 13.0. The molecule has 1 rings (SSSR count). The normalized spacial score (nSPS) is 18.0. The van der Waals surface area contributed by atoms with Crippen LogP contribution in [-0.4, -0.2) is 31.1 Å². The van der Waals surface area contributed by atoms with Crippen LogP contribution in [0.1, 0.15) is 51.9 Å². The first-order valence-corrected chi connectivity index (χ1v) is 6.79. The van der Waals surface area contributed by atoms with Gasteiger partial charge in [-0.05, 0) is 25.4 Å². The highest BCUT2D eigenvalue weighted by Gasteiger charge is 2.23. The number of rotatable bonds is 9. The van der Waals surface area contributed by atoms with Gasteiger partial charge in [0.15, 0.2) is 0 Å². The van der Waals surface area contributed by atoms with E-state index in [0.29, 0.717) is 0 Å². The van der Waals surface area contributed by atoms with Crippen molar-refractivity contribution < 1.29 is 0 Å². The first-order valence-electron chi connectivity index (χ1n) is 6.79. The fraction of sp³-hybridized carbons (Fsp3) is 1.00. The molecule has 0 amide bonds. The van der Waals surface area contributed by atoms with Crippen LogP contribution in [0, 0.1) is 5.92 Å². The van der Waals surface area contributed by atoms with Crippen LogP contribution in [0.2, 0.25) is 0 Å². The van der Waals surface area contributed by atoms with Gasteiger partial charge in [0, 0.05) is 13.1 Å². The van der Waals surface area contributed by atoms with Gasteiger partial charge in [-0.2, -0.15) is 0 Å². The lowest BCUT2D eigenvalue weighted by Crippen LogP contribution is -2.49. The zero-order valence-electron chi connectivity index (χ0n) is 10.4. The number of nitrogens with two attached hydrogens (primary N) is 1. The minimum atomic E-state index is 0.801. The molecule has 1 aliphatic heterocycles. The van der Waals surface area contributed by atoms with Crippen molar-refractivity contribution in [1.82, 2.24) is 4.90 Å². The zero-order chi connectivity index (χ0) is 10.9. The Bertz CT molecular complexity index is 141. The van der Waals surface area contributed by atoms with Crippen LogP contribution in [0.3, 0.4) is 0 Å². The number of hydrogen-bond acceptors (Lipinski definition) is 2. The Morgan fingerprint density at radius 1 is 1.00 bits per heavy atom. The predicted molar refractivity (Wildman–Crippen MR) is 67.0 cm³/mol. The van der Waals surface area contributed by atoms with Crippen molar-refractivity contribution in [3.8, 4) is 0 Å². The van der Waals surface area contributed by atoms with Gasteiger partial charge in [0.1, 0.15) is 0 Å². The highest BCUT2D eigenvalue weighted by Crippen LogP contribution is 2.15. The van der Waals surface area contributed by atoms with Gasteiger partial charge < -0.3 is 10.6 Å². The molecule has 0 bridgehead atoms. The molecule has 0 spiro atoms. The van der Waals surface area contributed by atoms with Crippen molar-refractivity contribution in [2.75, 3.05) is 26.2 Å². The Kier molecular flexibility index (Phi) is 7.03. The minimum absolute atomic E-state index is 0.801. The summed E-state index contributed by atoms with van der Waals surface area (Å²) in [5, 5.41) is 0. The van der Waals surface area contributed by atoms with Gasteiger partial charge in [-0.3, -0.25) is 0 Å². The maximum Gasteiger partial charge on any atom is 0.00341 e. The maximum atomic E-state index is 5.59. The quantitative estimate of drug-likeness (QED) is 0.595. The highest BCUT2D eigenvalue weighted by molar-refractivity contribution is 4.79. The number of unbranched alkanes of at least 4 members (excludes halogenated alkanes) is 6. The largest absolute Gasteiger partial charge is 0.330 e. The molecular formula is C13H28N2. The summed E-state index contributed by atoms with van der Waals surface area (Å²) in [5.41, 5.74) is 5.59.